The lowest BCUT2D eigenvalue weighted by Gasteiger charge is -2.11. The molecule has 0 radical (unpaired) electrons. The van der Waals surface area contributed by atoms with Gasteiger partial charge in [0, 0.05) is 16.3 Å². The molecule has 0 aliphatic carbocycles. The molecule has 2 N–H and O–H groups in total. The minimum atomic E-state index is -4.57. The molecule has 5 nitrogen and oxygen atoms in total. The molecule has 0 heterocycles. The lowest BCUT2D eigenvalue weighted by molar-refractivity contribution is -0.137. The molecule has 0 aliphatic heterocycles. The molecule has 0 saturated heterocycles. The van der Waals surface area contributed by atoms with Crippen molar-refractivity contribution in [2.45, 2.75) is 13.1 Å². The Labute approximate surface area is 152 Å². The minimum Gasteiger partial charge on any atom is -0.324 e. The quantitative estimate of drug-likeness (QED) is 0.764. The van der Waals surface area contributed by atoms with E-state index >= 15 is 0 Å². The molecule has 0 fully saturated rings. The van der Waals surface area contributed by atoms with Crippen molar-refractivity contribution < 1.29 is 27.6 Å². The minimum absolute atomic E-state index is 0.229. The monoisotopic (exact) mass is 386 g/mol. The molecule has 0 unspecified atom stereocenters. The van der Waals surface area contributed by atoms with Crippen LogP contribution in [0.2, 0.25) is 5.02 Å². The highest BCUT2D eigenvalue weighted by Gasteiger charge is 2.31. The smallest absolute Gasteiger partial charge is 0.324 e. The Morgan fingerprint density at radius 1 is 1.15 bits per heavy atom. The van der Waals surface area contributed by atoms with E-state index in [0.29, 0.717) is 16.8 Å². The number of rotatable bonds is 5. The molecule has 2 amide bonds. The fourth-order valence-corrected chi connectivity index (χ4v) is 2.26. The van der Waals surface area contributed by atoms with Crippen LogP contribution < -0.4 is 10.8 Å². The number of hydrogen-bond donors (Lipinski definition) is 2. The van der Waals surface area contributed by atoms with E-state index in [-0.39, 0.29) is 11.1 Å². The Balaban J connectivity index is 1.90. The van der Waals surface area contributed by atoms with E-state index in [1.54, 1.807) is 18.2 Å². The van der Waals surface area contributed by atoms with Gasteiger partial charge in [-0.25, -0.2) is 5.48 Å². The summed E-state index contributed by atoms with van der Waals surface area (Å²) in [5.74, 6) is -1.47. The van der Waals surface area contributed by atoms with Gasteiger partial charge < -0.3 is 5.32 Å². The van der Waals surface area contributed by atoms with Crippen LogP contribution in [0.3, 0.4) is 0 Å². The number of amides is 2. The SMILES string of the molecule is Cc1cc(C(=O)NOCC(=O)Nc2cccc(Cl)c2)cc(C(F)(F)F)c1. The normalized spacial score (nSPS) is 11.1. The first-order valence-electron chi connectivity index (χ1n) is 7.31. The second-order valence-electron chi connectivity index (χ2n) is 5.36. The molecule has 2 aromatic carbocycles. The maximum atomic E-state index is 12.8. The molecule has 0 aliphatic rings. The van der Waals surface area contributed by atoms with Gasteiger partial charge in [0.05, 0.1) is 5.56 Å². The molecule has 2 aromatic rings. The number of carbonyl (C=O) groups is 2. The predicted molar refractivity (Wildman–Crippen MR) is 89.7 cm³/mol. The van der Waals surface area contributed by atoms with Gasteiger partial charge in [0.25, 0.3) is 11.8 Å². The molecule has 0 atom stereocenters. The molecule has 9 heteroatoms. The number of carbonyl (C=O) groups excluding carboxylic acids is 2. The largest absolute Gasteiger partial charge is 0.416 e. The van der Waals surface area contributed by atoms with Crippen molar-refractivity contribution in [1.29, 1.82) is 0 Å². The van der Waals surface area contributed by atoms with Crippen molar-refractivity contribution >= 4 is 29.1 Å². The van der Waals surface area contributed by atoms with Crippen LogP contribution in [-0.4, -0.2) is 18.4 Å². The van der Waals surface area contributed by atoms with Crippen LogP contribution in [0.15, 0.2) is 42.5 Å². The molecule has 2 rings (SSSR count). The number of halogens is 4. The van der Waals surface area contributed by atoms with Gasteiger partial charge in [0.1, 0.15) is 0 Å². The second-order valence-corrected chi connectivity index (χ2v) is 5.80. The summed E-state index contributed by atoms with van der Waals surface area (Å²) in [6.07, 6.45) is -4.57. The van der Waals surface area contributed by atoms with E-state index in [4.69, 9.17) is 16.4 Å². The predicted octanol–water partition coefficient (Wildman–Crippen LogP) is 3.97. The number of hydroxylamine groups is 1. The van der Waals surface area contributed by atoms with Crippen LogP contribution in [0.25, 0.3) is 0 Å². The zero-order valence-electron chi connectivity index (χ0n) is 13.5. The third-order valence-corrected chi connectivity index (χ3v) is 3.38. The van der Waals surface area contributed by atoms with Gasteiger partial charge in [-0.3, -0.25) is 14.4 Å². The van der Waals surface area contributed by atoms with Crippen LogP contribution in [0.5, 0.6) is 0 Å². The number of hydrogen-bond acceptors (Lipinski definition) is 3. The highest BCUT2D eigenvalue weighted by molar-refractivity contribution is 6.30. The summed E-state index contributed by atoms with van der Waals surface area (Å²) < 4.78 is 38.3. The van der Waals surface area contributed by atoms with Gasteiger partial charge in [0.15, 0.2) is 6.61 Å². The van der Waals surface area contributed by atoms with Gasteiger partial charge in [-0.05, 0) is 48.9 Å². The van der Waals surface area contributed by atoms with E-state index in [1.807, 2.05) is 5.48 Å². The number of benzene rings is 2. The van der Waals surface area contributed by atoms with Crippen LogP contribution in [-0.2, 0) is 15.8 Å². The average Bonchev–Trinajstić information content (AvgIpc) is 2.53. The number of aryl methyl sites for hydroxylation is 1. The summed E-state index contributed by atoms with van der Waals surface area (Å²) in [5.41, 5.74) is 1.47. The fourth-order valence-electron chi connectivity index (χ4n) is 2.07. The van der Waals surface area contributed by atoms with Crippen LogP contribution >= 0.6 is 11.6 Å². The summed E-state index contributed by atoms with van der Waals surface area (Å²) in [6, 6.07) is 9.30. The molecule has 138 valence electrons. The highest BCUT2D eigenvalue weighted by Crippen LogP contribution is 2.30. The van der Waals surface area contributed by atoms with Crippen LogP contribution in [0.1, 0.15) is 21.5 Å². The first-order chi connectivity index (χ1) is 12.1. The zero-order valence-corrected chi connectivity index (χ0v) is 14.2. The Morgan fingerprint density at radius 2 is 1.88 bits per heavy atom. The molecule has 0 spiro atoms. The van der Waals surface area contributed by atoms with Crippen molar-refractivity contribution in [2.75, 3.05) is 11.9 Å². The van der Waals surface area contributed by atoms with Crippen molar-refractivity contribution in [1.82, 2.24) is 5.48 Å². The summed E-state index contributed by atoms with van der Waals surface area (Å²) in [5, 5.41) is 2.91. The number of nitrogens with one attached hydrogen (secondary N) is 2. The summed E-state index contributed by atoms with van der Waals surface area (Å²) in [7, 11) is 0. The molecule has 0 aromatic heterocycles. The molecule has 0 bridgehead atoms. The highest BCUT2D eigenvalue weighted by atomic mass is 35.5. The number of anilines is 1. The van der Waals surface area contributed by atoms with Crippen molar-refractivity contribution in [3.63, 3.8) is 0 Å². The molecule has 26 heavy (non-hydrogen) atoms. The summed E-state index contributed by atoms with van der Waals surface area (Å²) in [6.45, 7) is 0.904. The fraction of sp³-hybridized carbons (Fsp3) is 0.176. The van der Waals surface area contributed by atoms with E-state index < -0.39 is 30.2 Å². The zero-order chi connectivity index (χ0) is 19.3. The topological polar surface area (TPSA) is 67.4 Å². The molecular weight excluding hydrogens is 373 g/mol. The lowest BCUT2D eigenvalue weighted by Crippen LogP contribution is -2.29. The van der Waals surface area contributed by atoms with E-state index in [9.17, 15) is 22.8 Å². The third kappa shape index (κ3) is 5.75. The average molecular weight is 387 g/mol. The van der Waals surface area contributed by atoms with Gasteiger partial charge in [-0.15, -0.1) is 0 Å². The van der Waals surface area contributed by atoms with Crippen molar-refractivity contribution in [2.24, 2.45) is 0 Å². The Hall–Kier alpha value is -2.58. The van der Waals surface area contributed by atoms with E-state index in [1.165, 1.54) is 19.1 Å². The maximum absolute atomic E-state index is 12.8. The second kappa shape index (κ2) is 8.20. The van der Waals surface area contributed by atoms with Gasteiger partial charge in [0.2, 0.25) is 0 Å². The van der Waals surface area contributed by atoms with Crippen molar-refractivity contribution in [3.05, 3.63) is 64.2 Å². The summed E-state index contributed by atoms with van der Waals surface area (Å²) >= 11 is 5.78. The van der Waals surface area contributed by atoms with Crippen LogP contribution in [0, 0.1) is 6.92 Å². The maximum Gasteiger partial charge on any atom is 0.416 e. The molecular formula is C17H14ClF3N2O3. The van der Waals surface area contributed by atoms with Gasteiger partial charge >= 0.3 is 6.18 Å². The Bertz CT molecular complexity index is 825. The van der Waals surface area contributed by atoms with Crippen molar-refractivity contribution in [3.8, 4) is 0 Å². The van der Waals surface area contributed by atoms with E-state index in [0.717, 1.165) is 6.07 Å². The summed E-state index contributed by atoms with van der Waals surface area (Å²) in [4.78, 5) is 28.4. The standard InChI is InChI=1S/C17H14ClF3N2O3/c1-10-5-11(7-12(6-10)17(19,20)21)16(25)23-26-9-15(24)22-14-4-2-3-13(18)8-14/h2-8H,9H2,1H3,(H,22,24)(H,23,25). The lowest BCUT2D eigenvalue weighted by atomic mass is 10.1. The Morgan fingerprint density at radius 3 is 2.54 bits per heavy atom. The van der Waals surface area contributed by atoms with Crippen LogP contribution in [0.4, 0.5) is 18.9 Å². The third-order valence-electron chi connectivity index (χ3n) is 3.14. The van der Waals surface area contributed by atoms with Gasteiger partial charge in [-0.1, -0.05) is 17.7 Å². The first kappa shape index (κ1) is 19.7. The first-order valence-corrected chi connectivity index (χ1v) is 7.69. The number of alkyl halides is 3. The Kier molecular flexibility index (Phi) is 6.23. The van der Waals surface area contributed by atoms with E-state index in [2.05, 4.69) is 5.32 Å². The molecule has 0 saturated carbocycles. The van der Waals surface area contributed by atoms with Gasteiger partial charge in [-0.2, -0.15) is 13.2 Å².